The van der Waals surface area contributed by atoms with Crippen LogP contribution >= 0.6 is 0 Å². The van der Waals surface area contributed by atoms with Gasteiger partial charge in [0.2, 0.25) is 0 Å². The van der Waals surface area contributed by atoms with E-state index in [0.29, 0.717) is 49.4 Å². The molecule has 3 N–H and O–H groups in total. The van der Waals surface area contributed by atoms with Crippen LogP contribution in [0.3, 0.4) is 0 Å². The first-order valence-corrected chi connectivity index (χ1v) is 8.35. The number of nitrogens with zero attached hydrogens (tertiary/aromatic N) is 3. The maximum absolute atomic E-state index is 6.35. The molecule has 1 aromatic carbocycles. The average molecular weight is 361 g/mol. The van der Waals surface area contributed by atoms with E-state index >= 15 is 0 Å². The van der Waals surface area contributed by atoms with E-state index in [1.165, 1.54) is 6.33 Å². The summed E-state index contributed by atoms with van der Waals surface area (Å²) in [7, 11) is 4.95. The van der Waals surface area contributed by atoms with E-state index in [2.05, 4.69) is 15.3 Å². The van der Waals surface area contributed by atoms with Crippen LogP contribution in [-0.4, -0.2) is 57.6 Å². The number of hydrogen-bond acceptors (Lipinski definition) is 8. The molecule has 0 aliphatic carbocycles. The van der Waals surface area contributed by atoms with E-state index in [-0.39, 0.29) is 0 Å². The van der Waals surface area contributed by atoms with Crippen molar-refractivity contribution in [3.63, 3.8) is 0 Å². The maximum atomic E-state index is 6.35. The fourth-order valence-corrected chi connectivity index (χ4v) is 2.51. The van der Waals surface area contributed by atoms with Gasteiger partial charge in [0.05, 0.1) is 26.0 Å². The first-order chi connectivity index (χ1) is 12.6. The number of anilines is 4. The number of rotatable bonds is 10. The zero-order chi connectivity index (χ0) is 18.9. The number of nitrogen functional groups attached to an aromatic ring is 1. The number of hydrogen-bond donors (Lipinski definition) is 2. The van der Waals surface area contributed by atoms with Crippen LogP contribution in [0.2, 0.25) is 0 Å². The topological polar surface area (TPSA) is 94.8 Å². The molecule has 0 saturated heterocycles. The van der Waals surface area contributed by atoms with E-state index in [4.69, 9.17) is 19.9 Å². The van der Waals surface area contributed by atoms with Crippen LogP contribution in [0.4, 0.5) is 23.0 Å². The predicted molar refractivity (Wildman–Crippen MR) is 103 cm³/mol. The molecule has 2 rings (SSSR count). The van der Waals surface area contributed by atoms with Gasteiger partial charge in [-0.2, -0.15) is 0 Å². The van der Waals surface area contributed by atoms with Gasteiger partial charge in [0.25, 0.3) is 0 Å². The van der Waals surface area contributed by atoms with Gasteiger partial charge in [0, 0.05) is 27.3 Å². The Balaban J connectivity index is 2.31. The Morgan fingerprint density at radius 3 is 2.38 bits per heavy atom. The minimum absolute atomic E-state index is 0.461. The number of nitrogens with two attached hydrogens (primary N) is 1. The Labute approximate surface area is 154 Å². The Morgan fingerprint density at radius 1 is 1.08 bits per heavy atom. The Morgan fingerprint density at radius 2 is 1.77 bits per heavy atom. The van der Waals surface area contributed by atoms with Crippen molar-refractivity contribution < 1.29 is 14.2 Å². The number of methoxy groups -OCH3 is 3. The highest BCUT2D eigenvalue weighted by molar-refractivity contribution is 5.79. The second kappa shape index (κ2) is 9.79. The lowest BCUT2D eigenvalue weighted by Gasteiger charge is -2.25. The van der Waals surface area contributed by atoms with Gasteiger partial charge >= 0.3 is 0 Å². The van der Waals surface area contributed by atoms with E-state index in [0.717, 1.165) is 11.3 Å². The molecule has 0 atom stereocenters. The molecule has 26 heavy (non-hydrogen) atoms. The smallest absolute Gasteiger partial charge is 0.159 e. The van der Waals surface area contributed by atoms with Crippen molar-refractivity contribution in [1.82, 2.24) is 9.97 Å². The number of aryl methyl sites for hydroxylation is 1. The first kappa shape index (κ1) is 19.7. The minimum Gasteiger partial charge on any atom is -0.495 e. The summed E-state index contributed by atoms with van der Waals surface area (Å²) < 4.78 is 15.8. The molecule has 0 saturated carbocycles. The molecule has 2 aromatic rings. The molecular weight excluding hydrogens is 334 g/mol. The predicted octanol–water partition coefficient (Wildman–Crippen LogP) is 2.22. The van der Waals surface area contributed by atoms with Crippen molar-refractivity contribution >= 4 is 23.0 Å². The molecule has 0 unspecified atom stereocenters. The van der Waals surface area contributed by atoms with Crippen molar-refractivity contribution in [2.45, 2.75) is 6.92 Å². The molecule has 0 fully saturated rings. The summed E-state index contributed by atoms with van der Waals surface area (Å²) in [4.78, 5) is 10.7. The third-order valence-corrected chi connectivity index (χ3v) is 3.90. The summed E-state index contributed by atoms with van der Waals surface area (Å²) in [6, 6.07) is 5.86. The number of benzene rings is 1. The summed E-state index contributed by atoms with van der Waals surface area (Å²) in [5, 5.41) is 3.25. The maximum Gasteiger partial charge on any atom is 0.159 e. The molecule has 1 aromatic heterocycles. The number of ether oxygens (including phenoxy) is 3. The third-order valence-electron chi connectivity index (χ3n) is 3.90. The Kier molecular flexibility index (Phi) is 7.43. The van der Waals surface area contributed by atoms with Crippen molar-refractivity contribution in [1.29, 1.82) is 0 Å². The summed E-state index contributed by atoms with van der Waals surface area (Å²) in [6.07, 6.45) is 1.49. The van der Waals surface area contributed by atoms with E-state index in [1.54, 1.807) is 21.3 Å². The molecule has 0 aliphatic rings. The Bertz CT molecular complexity index is 703. The highest BCUT2D eigenvalue weighted by atomic mass is 16.5. The van der Waals surface area contributed by atoms with Gasteiger partial charge in [-0.25, -0.2) is 9.97 Å². The lowest BCUT2D eigenvalue weighted by Crippen LogP contribution is -2.32. The van der Waals surface area contributed by atoms with E-state index in [9.17, 15) is 0 Å². The minimum atomic E-state index is 0.461. The monoisotopic (exact) mass is 361 g/mol. The molecule has 8 heteroatoms. The number of nitrogens with one attached hydrogen (secondary N) is 1. The van der Waals surface area contributed by atoms with E-state index < -0.39 is 0 Å². The summed E-state index contributed by atoms with van der Waals surface area (Å²) >= 11 is 0. The molecule has 142 valence electrons. The first-order valence-electron chi connectivity index (χ1n) is 8.35. The van der Waals surface area contributed by atoms with Crippen LogP contribution in [0, 0.1) is 6.92 Å². The zero-order valence-corrected chi connectivity index (χ0v) is 15.8. The second-order valence-corrected chi connectivity index (χ2v) is 5.76. The fourth-order valence-electron chi connectivity index (χ4n) is 2.51. The summed E-state index contributed by atoms with van der Waals surface area (Å²) in [5.74, 6) is 1.88. The fraction of sp³-hybridized carbons (Fsp3) is 0.444. The molecular formula is C18H27N5O3. The van der Waals surface area contributed by atoms with Crippen LogP contribution in [0.5, 0.6) is 5.75 Å². The lowest BCUT2D eigenvalue weighted by atomic mass is 10.2. The normalized spacial score (nSPS) is 10.6. The van der Waals surface area contributed by atoms with Crippen molar-refractivity contribution in [3.05, 3.63) is 30.1 Å². The average Bonchev–Trinajstić information content (AvgIpc) is 2.64. The van der Waals surface area contributed by atoms with Crippen molar-refractivity contribution in [2.75, 3.05) is 63.6 Å². The van der Waals surface area contributed by atoms with Gasteiger partial charge in [0.1, 0.15) is 17.8 Å². The van der Waals surface area contributed by atoms with Gasteiger partial charge < -0.3 is 30.2 Å². The molecule has 1 heterocycles. The van der Waals surface area contributed by atoms with Gasteiger partial charge in [-0.05, 0) is 24.6 Å². The lowest BCUT2D eigenvalue weighted by molar-refractivity contribution is 0.190. The highest BCUT2D eigenvalue weighted by Gasteiger charge is 2.16. The van der Waals surface area contributed by atoms with Crippen molar-refractivity contribution in [3.8, 4) is 5.75 Å². The third kappa shape index (κ3) is 4.96. The quantitative estimate of drug-likeness (QED) is 0.665. The second-order valence-electron chi connectivity index (χ2n) is 5.76. The molecule has 0 bridgehead atoms. The summed E-state index contributed by atoms with van der Waals surface area (Å²) in [6.45, 7) is 4.42. The molecule has 0 amide bonds. The molecule has 8 nitrogen and oxygen atoms in total. The largest absolute Gasteiger partial charge is 0.495 e. The van der Waals surface area contributed by atoms with Crippen LogP contribution in [0.25, 0.3) is 0 Å². The van der Waals surface area contributed by atoms with Crippen LogP contribution in [-0.2, 0) is 9.47 Å². The van der Waals surface area contributed by atoms with Crippen molar-refractivity contribution in [2.24, 2.45) is 0 Å². The number of aromatic nitrogens is 2. The van der Waals surface area contributed by atoms with Gasteiger partial charge in [0.15, 0.2) is 11.6 Å². The SMILES string of the molecule is COCCN(CCOC)c1ncnc(Nc2cc(C)ccc2OC)c1N. The standard InChI is InChI=1S/C18H27N5O3/c1-13-5-6-15(26-4)14(11-13)22-17-16(19)18(21-12-20-17)23(7-9-24-2)8-10-25-3/h5-6,11-12H,7-10,19H2,1-4H3,(H,20,21,22). The molecule has 0 radical (unpaired) electrons. The van der Waals surface area contributed by atoms with Crippen LogP contribution in [0.1, 0.15) is 5.56 Å². The van der Waals surface area contributed by atoms with Gasteiger partial charge in [-0.3, -0.25) is 0 Å². The summed E-state index contributed by atoms with van der Waals surface area (Å²) in [5.41, 5.74) is 8.71. The molecule has 0 aliphatic heterocycles. The highest BCUT2D eigenvalue weighted by Crippen LogP contribution is 2.32. The Hall–Kier alpha value is -2.58. The van der Waals surface area contributed by atoms with Crippen LogP contribution < -0.4 is 20.7 Å². The molecule has 0 spiro atoms. The van der Waals surface area contributed by atoms with Gasteiger partial charge in [-0.1, -0.05) is 6.07 Å². The van der Waals surface area contributed by atoms with E-state index in [1.807, 2.05) is 30.0 Å². The van der Waals surface area contributed by atoms with Crippen LogP contribution in [0.15, 0.2) is 24.5 Å². The zero-order valence-electron chi connectivity index (χ0n) is 15.8. The van der Waals surface area contributed by atoms with Gasteiger partial charge in [-0.15, -0.1) is 0 Å².